The van der Waals surface area contributed by atoms with E-state index in [4.69, 9.17) is 5.48 Å². The van der Waals surface area contributed by atoms with E-state index in [1.807, 2.05) is 0 Å². The Hall–Kier alpha value is -1.10. The zero-order chi connectivity index (χ0) is 17.7. The Labute approximate surface area is 132 Å². The Morgan fingerprint density at radius 1 is 1.35 bits per heavy atom. The molecule has 0 aromatic heterocycles. The van der Waals surface area contributed by atoms with Gasteiger partial charge in [0.15, 0.2) is 5.82 Å². The molecule has 2 saturated heterocycles. The second-order valence-electron chi connectivity index (χ2n) is 4.98. The first-order chi connectivity index (χ1) is 11.1. The van der Waals surface area contributed by atoms with Crippen LogP contribution in [0.15, 0.2) is 22.7 Å². The van der Waals surface area contributed by atoms with Gasteiger partial charge in [-0.25, -0.2) is 4.39 Å². The number of likely N-dealkylation sites (tertiary alicyclic amines) is 1. The number of benzene rings is 1. The molecule has 3 rings (SSSR count). The second kappa shape index (κ2) is 5.72. The fourth-order valence-electron chi connectivity index (χ4n) is 2.63. The number of halogens is 2. The zero-order valence-electron chi connectivity index (χ0n) is 14.9. The lowest BCUT2D eigenvalue weighted by Gasteiger charge is -2.38. The van der Waals surface area contributed by atoms with Gasteiger partial charge in [0.1, 0.15) is 0 Å². The maximum absolute atomic E-state index is 14.4. The fraction of sp³-hybridized carbons (Fsp3) is 0.533. The van der Waals surface area contributed by atoms with Crippen molar-refractivity contribution in [2.75, 3.05) is 24.4 Å². The molecule has 20 heavy (non-hydrogen) atoms. The van der Waals surface area contributed by atoms with Crippen molar-refractivity contribution >= 4 is 27.5 Å². The molecular weight excluding hydrogens is 323 g/mol. The van der Waals surface area contributed by atoms with Crippen molar-refractivity contribution in [2.24, 2.45) is 0 Å². The first kappa shape index (κ1) is 9.77. The molecule has 108 valence electrons. The van der Waals surface area contributed by atoms with Crippen molar-refractivity contribution in [1.82, 2.24) is 4.90 Å². The lowest BCUT2D eigenvalue weighted by Crippen LogP contribution is -2.45. The third-order valence-corrected chi connectivity index (χ3v) is 4.31. The summed E-state index contributed by atoms with van der Waals surface area (Å²) in [5.74, 6) is -0.755. The molecule has 0 bridgehead atoms. The summed E-state index contributed by atoms with van der Waals surface area (Å²) in [5.41, 5.74) is -0.120. The van der Waals surface area contributed by atoms with Crippen LogP contribution in [-0.2, 0) is 4.79 Å². The summed E-state index contributed by atoms with van der Waals surface area (Å²) in [6.45, 7) is -3.70. The molecule has 2 aliphatic heterocycles. The summed E-state index contributed by atoms with van der Waals surface area (Å²) in [7, 11) is 0. The second-order valence-corrected chi connectivity index (χ2v) is 5.83. The van der Waals surface area contributed by atoms with E-state index in [-0.39, 0.29) is 28.9 Å². The highest BCUT2D eigenvalue weighted by molar-refractivity contribution is 9.10. The van der Waals surface area contributed by atoms with Crippen LogP contribution >= 0.6 is 15.9 Å². The first-order valence-electron chi connectivity index (χ1n) is 8.67. The van der Waals surface area contributed by atoms with Crippen LogP contribution in [0, 0.1) is 5.82 Å². The standard InChI is InChI=1S/C15H18BrFN2O/c16-12-3-1-4-13(15(12)17)18-9-6-11(7-10-18)19-8-2-5-14(19)20/h1,3-4,11H,2,5-10H2/i9D2,10D2. The van der Waals surface area contributed by atoms with E-state index in [0.29, 0.717) is 19.4 Å². The summed E-state index contributed by atoms with van der Waals surface area (Å²) in [6, 6.07) is 3.89. The van der Waals surface area contributed by atoms with Gasteiger partial charge in [0.25, 0.3) is 0 Å². The number of hydrogen-bond donors (Lipinski definition) is 0. The monoisotopic (exact) mass is 344 g/mol. The summed E-state index contributed by atoms with van der Waals surface area (Å²) in [4.78, 5) is 14.4. The summed E-state index contributed by atoms with van der Waals surface area (Å²) < 4.78 is 47.9. The van der Waals surface area contributed by atoms with Crippen LogP contribution in [0.4, 0.5) is 10.1 Å². The zero-order valence-corrected chi connectivity index (χ0v) is 12.5. The van der Waals surface area contributed by atoms with Gasteiger partial charge in [-0.1, -0.05) is 6.07 Å². The van der Waals surface area contributed by atoms with Gasteiger partial charge in [0.2, 0.25) is 5.91 Å². The highest BCUT2D eigenvalue weighted by Gasteiger charge is 2.31. The van der Waals surface area contributed by atoms with E-state index in [2.05, 4.69) is 15.9 Å². The molecule has 0 atom stereocenters. The van der Waals surface area contributed by atoms with Crippen molar-refractivity contribution < 1.29 is 14.7 Å². The fourth-order valence-corrected chi connectivity index (χ4v) is 2.99. The van der Waals surface area contributed by atoms with Crippen molar-refractivity contribution in [2.45, 2.75) is 31.7 Å². The van der Waals surface area contributed by atoms with Gasteiger partial charge >= 0.3 is 0 Å². The highest BCUT2D eigenvalue weighted by atomic mass is 79.9. The summed E-state index contributed by atoms with van der Waals surface area (Å²) in [6.07, 6.45) is 1.03. The molecule has 0 radical (unpaired) electrons. The SMILES string of the molecule is [2H]C1([2H])CC(N2CCCC2=O)CC([2H])([2H])N1c1cccc(Br)c1F. The topological polar surface area (TPSA) is 23.6 Å². The number of piperidine rings is 1. The van der Waals surface area contributed by atoms with E-state index in [9.17, 15) is 9.18 Å². The number of amides is 1. The first-order valence-corrected chi connectivity index (χ1v) is 7.47. The van der Waals surface area contributed by atoms with Crippen LogP contribution < -0.4 is 4.90 Å². The van der Waals surface area contributed by atoms with Gasteiger partial charge in [-0.05, 0) is 47.3 Å². The van der Waals surface area contributed by atoms with E-state index in [0.717, 1.165) is 4.90 Å². The van der Waals surface area contributed by atoms with Crippen molar-refractivity contribution in [3.63, 3.8) is 0 Å². The normalized spacial score (nSPS) is 28.8. The number of carbonyl (C=O) groups is 1. The average Bonchev–Trinajstić information content (AvgIpc) is 2.87. The van der Waals surface area contributed by atoms with Crippen LogP contribution in [0.1, 0.15) is 31.2 Å². The Morgan fingerprint density at radius 3 is 2.75 bits per heavy atom. The van der Waals surface area contributed by atoms with Gasteiger partial charge in [0.05, 0.1) is 10.2 Å². The van der Waals surface area contributed by atoms with Gasteiger partial charge in [0, 0.05) is 37.5 Å². The maximum Gasteiger partial charge on any atom is 0.222 e. The molecule has 0 aliphatic carbocycles. The molecule has 0 saturated carbocycles. The predicted molar refractivity (Wildman–Crippen MR) is 80.3 cm³/mol. The lowest BCUT2D eigenvalue weighted by atomic mass is 10.0. The number of hydrogen-bond acceptors (Lipinski definition) is 2. The van der Waals surface area contributed by atoms with Gasteiger partial charge < -0.3 is 9.80 Å². The third kappa shape index (κ3) is 2.55. The number of anilines is 1. The van der Waals surface area contributed by atoms with Crippen LogP contribution in [0.25, 0.3) is 0 Å². The van der Waals surface area contributed by atoms with Crippen molar-refractivity contribution in [1.29, 1.82) is 0 Å². The molecule has 1 aromatic rings. The van der Waals surface area contributed by atoms with Crippen LogP contribution in [0.3, 0.4) is 0 Å². The van der Waals surface area contributed by atoms with E-state index >= 15 is 0 Å². The molecule has 2 heterocycles. The smallest absolute Gasteiger partial charge is 0.222 e. The number of carbonyl (C=O) groups excluding carboxylic acids is 1. The Balaban J connectivity index is 1.97. The molecule has 2 aliphatic rings. The number of nitrogens with zero attached hydrogens (tertiary/aromatic N) is 2. The molecule has 5 heteroatoms. The molecule has 1 amide bonds. The summed E-state index contributed by atoms with van der Waals surface area (Å²) >= 11 is 3.06. The molecule has 0 spiro atoms. The summed E-state index contributed by atoms with van der Waals surface area (Å²) in [5, 5.41) is 0. The maximum atomic E-state index is 14.4. The minimum Gasteiger partial charge on any atom is -0.369 e. The van der Waals surface area contributed by atoms with Crippen molar-refractivity contribution in [3.8, 4) is 0 Å². The van der Waals surface area contributed by atoms with Gasteiger partial charge in [-0.15, -0.1) is 0 Å². The van der Waals surface area contributed by atoms with E-state index in [1.165, 1.54) is 12.1 Å². The molecule has 0 unspecified atom stereocenters. The number of rotatable bonds is 2. The highest BCUT2D eigenvalue weighted by Crippen LogP contribution is 2.30. The van der Waals surface area contributed by atoms with Crippen molar-refractivity contribution in [3.05, 3.63) is 28.5 Å². The largest absolute Gasteiger partial charge is 0.369 e. The van der Waals surface area contributed by atoms with Crippen LogP contribution in [-0.4, -0.2) is 36.4 Å². The lowest BCUT2D eigenvalue weighted by molar-refractivity contribution is -0.130. The minimum atomic E-state index is -2.11. The van der Waals surface area contributed by atoms with Crippen LogP contribution in [0.5, 0.6) is 0 Å². The molecule has 0 N–H and O–H groups in total. The Kier molecular flexibility index (Phi) is 2.79. The molecule has 3 nitrogen and oxygen atoms in total. The van der Waals surface area contributed by atoms with Gasteiger partial charge in [-0.3, -0.25) is 4.79 Å². The third-order valence-electron chi connectivity index (χ3n) is 3.69. The Bertz CT molecular complexity index is 655. The van der Waals surface area contributed by atoms with Gasteiger partial charge in [-0.2, -0.15) is 0 Å². The van der Waals surface area contributed by atoms with E-state index in [1.54, 1.807) is 11.0 Å². The molecular formula is C15H18BrFN2O. The average molecular weight is 345 g/mol. The van der Waals surface area contributed by atoms with Crippen LogP contribution in [0.2, 0.25) is 0 Å². The van der Waals surface area contributed by atoms with E-state index < -0.39 is 24.9 Å². The Morgan fingerprint density at radius 2 is 2.10 bits per heavy atom. The molecule has 1 aromatic carbocycles. The molecule has 2 fully saturated rings. The minimum absolute atomic E-state index is 0.0514. The predicted octanol–water partition coefficient (Wildman–Crippen LogP) is 3.18. The quantitative estimate of drug-likeness (QED) is 0.822.